The minimum absolute atomic E-state index is 0.126. The molecular formula is C16H12Cl2N2O3S2. The van der Waals surface area contributed by atoms with Crippen LogP contribution in [0.4, 0.5) is 5.13 Å². The standard InChI is InChI=1S/C16H12Cl2N2O3S2/c1-25(22,23)10-3-5-13-14(8-10)24-16(19-13)20-15(21)7-9-2-4-11(17)12(18)6-9/h2-6,8H,7H2,1H3,(H,19,20,21). The van der Waals surface area contributed by atoms with Crippen molar-refractivity contribution in [3.8, 4) is 0 Å². The molecule has 9 heteroatoms. The highest BCUT2D eigenvalue weighted by atomic mass is 35.5. The fourth-order valence-corrected chi connectivity index (χ4v) is 4.15. The molecule has 0 aliphatic carbocycles. The van der Waals surface area contributed by atoms with Gasteiger partial charge in [0, 0.05) is 6.26 Å². The lowest BCUT2D eigenvalue weighted by Gasteiger charge is -2.03. The highest BCUT2D eigenvalue weighted by molar-refractivity contribution is 7.90. The zero-order valence-electron chi connectivity index (χ0n) is 12.9. The molecule has 0 saturated heterocycles. The first-order chi connectivity index (χ1) is 11.7. The molecule has 1 amide bonds. The van der Waals surface area contributed by atoms with Gasteiger partial charge in [0.2, 0.25) is 5.91 Å². The lowest BCUT2D eigenvalue weighted by molar-refractivity contribution is -0.115. The van der Waals surface area contributed by atoms with Gasteiger partial charge in [-0.2, -0.15) is 0 Å². The van der Waals surface area contributed by atoms with Gasteiger partial charge in [-0.1, -0.05) is 40.6 Å². The second-order valence-electron chi connectivity index (χ2n) is 5.39. The minimum atomic E-state index is -3.29. The summed E-state index contributed by atoms with van der Waals surface area (Å²) in [7, 11) is -3.29. The molecule has 0 spiro atoms. The van der Waals surface area contributed by atoms with E-state index in [1.807, 2.05) is 0 Å². The molecule has 0 aliphatic heterocycles. The molecule has 0 bridgehead atoms. The highest BCUT2D eigenvalue weighted by Crippen LogP contribution is 2.28. The van der Waals surface area contributed by atoms with Gasteiger partial charge in [-0.05, 0) is 35.9 Å². The molecule has 2 aromatic carbocycles. The number of nitrogens with one attached hydrogen (secondary N) is 1. The van der Waals surface area contributed by atoms with E-state index in [0.717, 1.165) is 11.8 Å². The topological polar surface area (TPSA) is 76.1 Å². The monoisotopic (exact) mass is 414 g/mol. The van der Waals surface area contributed by atoms with Crippen LogP contribution in [0, 0.1) is 0 Å². The van der Waals surface area contributed by atoms with Crippen molar-refractivity contribution in [1.29, 1.82) is 0 Å². The Morgan fingerprint density at radius 1 is 1.16 bits per heavy atom. The van der Waals surface area contributed by atoms with E-state index >= 15 is 0 Å². The van der Waals surface area contributed by atoms with Crippen LogP contribution in [0.2, 0.25) is 10.0 Å². The summed E-state index contributed by atoms with van der Waals surface area (Å²) in [5, 5.41) is 3.94. The fraction of sp³-hybridized carbons (Fsp3) is 0.125. The Morgan fingerprint density at radius 3 is 2.60 bits per heavy atom. The van der Waals surface area contributed by atoms with Crippen molar-refractivity contribution in [2.45, 2.75) is 11.3 Å². The third-order valence-electron chi connectivity index (χ3n) is 3.38. The maximum Gasteiger partial charge on any atom is 0.230 e. The van der Waals surface area contributed by atoms with Crippen LogP contribution in [0.5, 0.6) is 0 Å². The van der Waals surface area contributed by atoms with Crippen molar-refractivity contribution >= 4 is 65.6 Å². The van der Waals surface area contributed by atoms with Crippen LogP contribution < -0.4 is 5.32 Å². The van der Waals surface area contributed by atoms with Crippen molar-refractivity contribution in [2.24, 2.45) is 0 Å². The molecule has 0 fully saturated rings. The molecule has 130 valence electrons. The Balaban J connectivity index is 1.78. The van der Waals surface area contributed by atoms with E-state index in [2.05, 4.69) is 10.3 Å². The van der Waals surface area contributed by atoms with Crippen molar-refractivity contribution in [1.82, 2.24) is 4.98 Å². The first-order valence-electron chi connectivity index (χ1n) is 7.07. The van der Waals surface area contributed by atoms with Gasteiger partial charge in [0.15, 0.2) is 15.0 Å². The number of nitrogens with zero attached hydrogens (tertiary/aromatic N) is 1. The highest BCUT2D eigenvalue weighted by Gasteiger charge is 2.13. The average molecular weight is 415 g/mol. The minimum Gasteiger partial charge on any atom is -0.302 e. The van der Waals surface area contributed by atoms with E-state index in [0.29, 0.717) is 25.4 Å². The number of rotatable bonds is 4. The molecule has 0 radical (unpaired) electrons. The summed E-state index contributed by atoms with van der Waals surface area (Å²) in [4.78, 5) is 16.7. The molecule has 25 heavy (non-hydrogen) atoms. The van der Waals surface area contributed by atoms with Gasteiger partial charge in [-0.3, -0.25) is 4.79 Å². The molecule has 3 rings (SSSR count). The Labute approximate surface area is 158 Å². The second-order valence-corrected chi connectivity index (χ2v) is 9.25. The molecule has 0 saturated carbocycles. The van der Waals surface area contributed by atoms with E-state index in [9.17, 15) is 13.2 Å². The summed E-state index contributed by atoms with van der Waals surface area (Å²) in [6.07, 6.45) is 1.27. The van der Waals surface area contributed by atoms with Gasteiger partial charge >= 0.3 is 0 Å². The van der Waals surface area contributed by atoms with Crippen molar-refractivity contribution < 1.29 is 13.2 Å². The Hall–Kier alpha value is -1.67. The smallest absolute Gasteiger partial charge is 0.230 e. The van der Waals surface area contributed by atoms with Crippen LogP contribution in [0.15, 0.2) is 41.3 Å². The number of carbonyl (C=O) groups excluding carboxylic acids is 1. The SMILES string of the molecule is CS(=O)(=O)c1ccc2nc(NC(=O)Cc3ccc(Cl)c(Cl)c3)sc2c1. The van der Waals surface area contributed by atoms with E-state index in [1.54, 1.807) is 30.3 Å². The number of thiazole rings is 1. The van der Waals surface area contributed by atoms with E-state index in [-0.39, 0.29) is 17.2 Å². The predicted molar refractivity (Wildman–Crippen MR) is 102 cm³/mol. The Kier molecular flexibility index (Phi) is 5.02. The van der Waals surface area contributed by atoms with Crippen molar-refractivity contribution in [3.63, 3.8) is 0 Å². The number of carbonyl (C=O) groups is 1. The van der Waals surface area contributed by atoms with Crippen LogP contribution in [-0.4, -0.2) is 25.6 Å². The largest absolute Gasteiger partial charge is 0.302 e. The number of halogens is 2. The summed E-state index contributed by atoms with van der Waals surface area (Å²) in [6.45, 7) is 0. The van der Waals surface area contributed by atoms with Crippen LogP contribution in [-0.2, 0) is 21.1 Å². The van der Waals surface area contributed by atoms with Gasteiger partial charge in [0.25, 0.3) is 0 Å². The summed E-state index contributed by atoms with van der Waals surface area (Å²) < 4.78 is 23.9. The summed E-state index contributed by atoms with van der Waals surface area (Å²) >= 11 is 13.0. The van der Waals surface area contributed by atoms with E-state index in [4.69, 9.17) is 23.2 Å². The number of hydrogen-bond acceptors (Lipinski definition) is 5. The summed E-state index contributed by atoms with van der Waals surface area (Å²) in [5.41, 5.74) is 1.36. The van der Waals surface area contributed by atoms with Crippen molar-refractivity contribution in [2.75, 3.05) is 11.6 Å². The molecular weight excluding hydrogens is 403 g/mol. The van der Waals surface area contributed by atoms with Gasteiger partial charge < -0.3 is 5.32 Å². The maximum atomic E-state index is 12.2. The molecule has 0 aliphatic rings. The average Bonchev–Trinajstić information content (AvgIpc) is 2.91. The number of amides is 1. The third kappa shape index (κ3) is 4.30. The first-order valence-corrected chi connectivity index (χ1v) is 10.5. The second kappa shape index (κ2) is 6.92. The number of anilines is 1. The molecule has 1 N–H and O–H groups in total. The van der Waals surface area contributed by atoms with Crippen LogP contribution >= 0.6 is 34.5 Å². The number of benzene rings is 2. The molecule has 3 aromatic rings. The fourth-order valence-electron chi connectivity index (χ4n) is 2.19. The first kappa shape index (κ1) is 18.1. The Bertz CT molecular complexity index is 1080. The van der Waals surface area contributed by atoms with Gasteiger partial charge in [-0.25, -0.2) is 13.4 Å². The quantitative estimate of drug-likeness (QED) is 0.694. The molecule has 1 heterocycles. The summed E-state index contributed by atoms with van der Waals surface area (Å²) in [5.74, 6) is -0.249. The van der Waals surface area contributed by atoms with Gasteiger partial charge in [0.1, 0.15) is 0 Å². The molecule has 5 nitrogen and oxygen atoms in total. The number of aromatic nitrogens is 1. The number of fused-ring (bicyclic) bond motifs is 1. The number of sulfone groups is 1. The van der Waals surface area contributed by atoms with Crippen LogP contribution in [0.1, 0.15) is 5.56 Å². The molecule has 0 atom stereocenters. The van der Waals surface area contributed by atoms with Crippen LogP contribution in [0.25, 0.3) is 10.2 Å². The predicted octanol–water partition coefficient (Wildman–Crippen LogP) is 4.19. The maximum absolute atomic E-state index is 12.2. The molecule has 1 aromatic heterocycles. The number of hydrogen-bond donors (Lipinski definition) is 1. The lowest BCUT2D eigenvalue weighted by atomic mass is 10.1. The lowest BCUT2D eigenvalue weighted by Crippen LogP contribution is -2.14. The van der Waals surface area contributed by atoms with Crippen LogP contribution in [0.3, 0.4) is 0 Å². The van der Waals surface area contributed by atoms with Crippen molar-refractivity contribution in [3.05, 3.63) is 52.0 Å². The third-order valence-corrected chi connectivity index (χ3v) is 6.17. The Morgan fingerprint density at radius 2 is 1.92 bits per heavy atom. The van der Waals surface area contributed by atoms with E-state index in [1.165, 1.54) is 17.4 Å². The normalized spacial score (nSPS) is 11.6. The van der Waals surface area contributed by atoms with Gasteiger partial charge in [-0.15, -0.1) is 0 Å². The zero-order valence-corrected chi connectivity index (χ0v) is 16.1. The summed E-state index contributed by atoms with van der Waals surface area (Å²) in [6, 6.07) is 9.67. The van der Waals surface area contributed by atoms with Gasteiger partial charge in [0.05, 0.1) is 31.6 Å². The molecule has 0 unspecified atom stereocenters. The van der Waals surface area contributed by atoms with E-state index < -0.39 is 9.84 Å². The zero-order chi connectivity index (χ0) is 18.2.